The van der Waals surface area contributed by atoms with Crippen molar-refractivity contribution in [2.24, 2.45) is 11.8 Å². The maximum absolute atomic E-state index is 14.2. The minimum absolute atomic E-state index is 0.0571. The standard InChI is InChI=1S/C29H34F4N2O/c1-18(35-23-3-2-4-24(35)14-19(13-23)17-34)20-5-11-26-21(15-20)6-12-28(27(26)16-30)36-25-9-7-22(8-10-25)29(31,32)33/h5-6,11-12,15,18-19,22-25H,2-4,7-10,13-14,16H2,1H3. The molecule has 3 fully saturated rings. The van der Waals surface area contributed by atoms with E-state index in [4.69, 9.17) is 4.74 Å². The molecule has 0 radical (unpaired) electrons. The van der Waals surface area contributed by atoms with Crippen molar-refractivity contribution in [2.75, 3.05) is 0 Å². The van der Waals surface area contributed by atoms with Gasteiger partial charge in [0, 0.05) is 29.6 Å². The zero-order valence-electron chi connectivity index (χ0n) is 20.7. The van der Waals surface area contributed by atoms with Gasteiger partial charge in [0.25, 0.3) is 0 Å². The largest absolute Gasteiger partial charge is 0.490 e. The highest BCUT2D eigenvalue weighted by Crippen LogP contribution is 2.43. The summed E-state index contributed by atoms with van der Waals surface area (Å²) in [5, 5.41) is 11.2. The van der Waals surface area contributed by atoms with Crippen LogP contribution in [-0.2, 0) is 6.67 Å². The Hall–Kier alpha value is -2.33. The van der Waals surface area contributed by atoms with Gasteiger partial charge in [-0.3, -0.25) is 4.90 Å². The summed E-state index contributed by atoms with van der Waals surface area (Å²) in [4.78, 5) is 2.60. The molecule has 0 aromatic heterocycles. The molecule has 3 nitrogen and oxygen atoms in total. The van der Waals surface area contributed by atoms with Crippen LogP contribution >= 0.6 is 0 Å². The monoisotopic (exact) mass is 502 g/mol. The lowest BCUT2D eigenvalue weighted by molar-refractivity contribution is -0.185. The average molecular weight is 503 g/mol. The van der Waals surface area contributed by atoms with E-state index in [-0.39, 0.29) is 30.9 Å². The molecule has 36 heavy (non-hydrogen) atoms. The lowest BCUT2D eigenvalue weighted by Gasteiger charge is -2.50. The van der Waals surface area contributed by atoms with Crippen LogP contribution in [0.15, 0.2) is 30.3 Å². The first kappa shape index (κ1) is 25.3. The molecule has 7 heteroatoms. The number of halogens is 4. The smallest absolute Gasteiger partial charge is 0.391 e. The highest BCUT2D eigenvalue weighted by molar-refractivity contribution is 5.88. The lowest BCUT2D eigenvalue weighted by atomic mass is 9.77. The number of hydrogen-bond acceptors (Lipinski definition) is 3. The maximum Gasteiger partial charge on any atom is 0.391 e. The summed E-state index contributed by atoms with van der Waals surface area (Å²) in [7, 11) is 0. The zero-order chi connectivity index (χ0) is 25.4. The second kappa shape index (κ2) is 10.2. The number of fused-ring (bicyclic) bond motifs is 3. The van der Waals surface area contributed by atoms with Gasteiger partial charge in [0.15, 0.2) is 0 Å². The number of piperidine rings is 2. The Morgan fingerprint density at radius 1 is 1.03 bits per heavy atom. The highest BCUT2D eigenvalue weighted by Gasteiger charge is 2.42. The van der Waals surface area contributed by atoms with Crippen molar-refractivity contribution in [3.8, 4) is 11.8 Å². The average Bonchev–Trinajstić information content (AvgIpc) is 2.86. The van der Waals surface area contributed by atoms with Gasteiger partial charge in [-0.2, -0.15) is 18.4 Å². The molecule has 3 unspecified atom stereocenters. The summed E-state index contributed by atoms with van der Waals surface area (Å²) in [6, 6.07) is 13.4. The number of rotatable bonds is 5. The molecule has 3 aliphatic rings. The number of ether oxygens (including phenoxy) is 1. The third-order valence-electron chi connectivity index (χ3n) is 8.82. The molecule has 0 spiro atoms. The first-order valence-corrected chi connectivity index (χ1v) is 13.3. The zero-order valence-corrected chi connectivity index (χ0v) is 20.7. The van der Waals surface area contributed by atoms with Crippen LogP contribution in [0.3, 0.4) is 0 Å². The highest BCUT2D eigenvalue weighted by atomic mass is 19.4. The van der Waals surface area contributed by atoms with Crippen LogP contribution in [0.4, 0.5) is 17.6 Å². The number of alkyl halides is 4. The van der Waals surface area contributed by atoms with Crippen molar-refractivity contribution in [1.82, 2.24) is 4.90 Å². The molecule has 5 rings (SSSR count). The van der Waals surface area contributed by atoms with Crippen LogP contribution < -0.4 is 4.74 Å². The topological polar surface area (TPSA) is 36.3 Å². The van der Waals surface area contributed by atoms with Crippen LogP contribution in [0.1, 0.15) is 81.9 Å². The quantitative estimate of drug-likeness (QED) is 0.388. The van der Waals surface area contributed by atoms with E-state index >= 15 is 0 Å². The van der Waals surface area contributed by atoms with Crippen molar-refractivity contribution >= 4 is 10.8 Å². The van der Waals surface area contributed by atoms with Crippen LogP contribution in [0.25, 0.3) is 10.8 Å². The van der Waals surface area contributed by atoms with Crippen LogP contribution in [0.5, 0.6) is 5.75 Å². The molecular formula is C29H34F4N2O. The molecule has 2 aromatic rings. The van der Waals surface area contributed by atoms with E-state index in [0.29, 0.717) is 36.2 Å². The second-order valence-electron chi connectivity index (χ2n) is 10.9. The SMILES string of the molecule is CC(c1ccc2c(CF)c(OC3CCC(C(F)(F)F)CC3)ccc2c1)N1C2CCCC1CC(C#N)C2. The molecule has 194 valence electrons. The van der Waals surface area contributed by atoms with Gasteiger partial charge in [-0.05, 0) is 86.8 Å². The predicted octanol–water partition coefficient (Wildman–Crippen LogP) is 8.03. The van der Waals surface area contributed by atoms with Gasteiger partial charge in [0.2, 0.25) is 0 Å². The molecule has 2 aromatic carbocycles. The Morgan fingerprint density at radius 3 is 2.33 bits per heavy atom. The Labute approximate surface area is 210 Å². The van der Waals surface area contributed by atoms with E-state index in [1.54, 1.807) is 6.07 Å². The molecular weight excluding hydrogens is 468 g/mol. The fourth-order valence-corrected chi connectivity index (χ4v) is 6.92. The summed E-state index contributed by atoms with van der Waals surface area (Å²) in [5.41, 5.74) is 1.65. The molecule has 0 amide bonds. The normalized spacial score (nSPS) is 30.1. The Balaban J connectivity index is 1.34. The molecule has 2 saturated heterocycles. The van der Waals surface area contributed by atoms with E-state index in [1.807, 2.05) is 12.1 Å². The molecule has 3 atom stereocenters. The van der Waals surface area contributed by atoms with E-state index in [0.717, 1.165) is 36.5 Å². The van der Waals surface area contributed by atoms with Gasteiger partial charge < -0.3 is 4.74 Å². The fraction of sp³-hybridized carbons (Fsp3) is 0.621. The summed E-state index contributed by atoms with van der Waals surface area (Å²) >= 11 is 0. The van der Waals surface area contributed by atoms with Crippen molar-refractivity contribution in [3.05, 3.63) is 41.5 Å². The number of benzene rings is 2. The third kappa shape index (κ3) is 4.94. The van der Waals surface area contributed by atoms with Gasteiger partial charge in [-0.15, -0.1) is 0 Å². The number of nitriles is 1. The summed E-state index contributed by atoms with van der Waals surface area (Å²) in [6.45, 7) is 1.54. The van der Waals surface area contributed by atoms with E-state index in [1.165, 1.54) is 12.0 Å². The molecule has 2 bridgehead atoms. The first-order chi connectivity index (χ1) is 17.3. The predicted molar refractivity (Wildman–Crippen MR) is 131 cm³/mol. The van der Waals surface area contributed by atoms with Gasteiger partial charge in [0.1, 0.15) is 12.4 Å². The second-order valence-corrected chi connectivity index (χ2v) is 10.9. The van der Waals surface area contributed by atoms with Crippen molar-refractivity contribution in [2.45, 2.75) is 102 Å². The first-order valence-electron chi connectivity index (χ1n) is 13.3. The van der Waals surface area contributed by atoms with Gasteiger partial charge in [-0.25, -0.2) is 4.39 Å². The van der Waals surface area contributed by atoms with Crippen molar-refractivity contribution in [1.29, 1.82) is 5.26 Å². The minimum Gasteiger partial charge on any atom is -0.490 e. The van der Waals surface area contributed by atoms with Crippen LogP contribution in [0.2, 0.25) is 0 Å². The Kier molecular flexibility index (Phi) is 7.18. The Bertz CT molecular complexity index is 1100. The maximum atomic E-state index is 14.2. The fourth-order valence-electron chi connectivity index (χ4n) is 6.92. The van der Waals surface area contributed by atoms with Crippen LogP contribution in [-0.4, -0.2) is 29.3 Å². The van der Waals surface area contributed by atoms with E-state index in [2.05, 4.69) is 30.0 Å². The Morgan fingerprint density at radius 2 is 1.72 bits per heavy atom. The molecule has 1 saturated carbocycles. The van der Waals surface area contributed by atoms with Gasteiger partial charge in [-0.1, -0.05) is 24.6 Å². The van der Waals surface area contributed by atoms with Gasteiger partial charge in [0.05, 0.1) is 18.1 Å². The van der Waals surface area contributed by atoms with Gasteiger partial charge >= 0.3 is 6.18 Å². The van der Waals surface area contributed by atoms with Crippen molar-refractivity contribution in [3.63, 3.8) is 0 Å². The minimum atomic E-state index is -4.16. The molecule has 2 heterocycles. The summed E-state index contributed by atoms with van der Waals surface area (Å²) in [6.07, 6.45) is 1.64. The van der Waals surface area contributed by atoms with Crippen LogP contribution in [0, 0.1) is 23.2 Å². The third-order valence-corrected chi connectivity index (χ3v) is 8.82. The summed E-state index contributed by atoms with van der Waals surface area (Å²) in [5.74, 6) is -0.677. The molecule has 0 N–H and O–H groups in total. The molecule has 1 aliphatic carbocycles. The lowest BCUT2D eigenvalue weighted by Crippen LogP contribution is -2.52. The van der Waals surface area contributed by atoms with E-state index < -0.39 is 18.8 Å². The molecule has 2 aliphatic heterocycles. The number of nitrogens with zero attached hydrogens (tertiary/aromatic N) is 2. The summed E-state index contributed by atoms with van der Waals surface area (Å²) < 4.78 is 59.2. The van der Waals surface area contributed by atoms with E-state index in [9.17, 15) is 22.8 Å². The number of hydrogen-bond donors (Lipinski definition) is 0. The van der Waals surface area contributed by atoms with Crippen molar-refractivity contribution < 1.29 is 22.3 Å².